The van der Waals surface area contributed by atoms with Crippen molar-refractivity contribution in [2.24, 2.45) is 5.92 Å². The number of aromatic amines is 1. The maximum Gasteiger partial charge on any atom is 0.313 e. The molecule has 2 aromatic rings. The Labute approximate surface area is 154 Å². The highest BCUT2D eigenvalue weighted by molar-refractivity contribution is 5.86. The van der Waals surface area contributed by atoms with Crippen molar-refractivity contribution in [3.05, 3.63) is 35.5 Å². The fourth-order valence-corrected chi connectivity index (χ4v) is 6.44. The molecule has 3 heterocycles. The van der Waals surface area contributed by atoms with Gasteiger partial charge in [0.05, 0.1) is 24.1 Å². The zero-order valence-corrected chi connectivity index (χ0v) is 15.7. The molecule has 3 unspecified atom stereocenters. The Hall–Kier alpha value is -1.65. The van der Waals surface area contributed by atoms with Gasteiger partial charge in [-0.05, 0) is 36.3 Å². The maximum absolute atomic E-state index is 13.2. The first kappa shape index (κ1) is 16.5. The third-order valence-corrected chi connectivity index (χ3v) is 7.34. The first-order valence-corrected chi connectivity index (χ1v) is 10.1. The van der Waals surface area contributed by atoms with Crippen LogP contribution in [0.2, 0.25) is 0 Å². The van der Waals surface area contributed by atoms with Gasteiger partial charge in [-0.3, -0.25) is 4.90 Å². The summed E-state index contributed by atoms with van der Waals surface area (Å²) in [6, 6.07) is 7.05. The molecule has 2 saturated heterocycles. The summed E-state index contributed by atoms with van der Waals surface area (Å²) >= 11 is 0. The van der Waals surface area contributed by atoms with Gasteiger partial charge >= 0.3 is 5.91 Å². The zero-order chi connectivity index (χ0) is 18.1. The number of hydrogen-bond donors (Lipinski definition) is 3. The number of aromatic nitrogens is 1. The Kier molecular flexibility index (Phi) is 3.60. The minimum absolute atomic E-state index is 0.214. The first-order chi connectivity index (χ1) is 12.4. The fraction of sp³-hybridized carbons (Fsp3) is 0.591. The molecular formula is C22H29N2O2+. The number of benzene rings is 1. The van der Waals surface area contributed by atoms with E-state index in [1.807, 2.05) is 0 Å². The van der Waals surface area contributed by atoms with Gasteiger partial charge < -0.3 is 10.1 Å². The van der Waals surface area contributed by atoms with E-state index in [1.54, 1.807) is 0 Å². The average molecular weight is 353 g/mol. The van der Waals surface area contributed by atoms with Crippen molar-refractivity contribution >= 4 is 16.8 Å². The highest BCUT2D eigenvalue weighted by atomic mass is 16.3. The summed E-state index contributed by atoms with van der Waals surface area (Å²) in [5.41, 5.74) is 3.21. The Bertz CT molecular complexity index is 854. The van der Waals surface area contributed by atoms with E-state index in [9.17, 15) is 9.90 Å². The number of piperidine rings is 2. The quantitative estimate of drug-likeness (QED) is 0.794. The number of hydrogen-bond acceptors (Lipinski definition) is 2. The summed E-state index contributed by atoms with van der Waals surface area (Å²) in [7, 11) is 0. The molecule has 4 heteroatoms. The zero-order valence-electron chi connectivity index (χ0n) is 15.7. The number of quaternary nitrogens is 1. The van der Waals surface area contributed by atoms with E-state index in [1.165, 1.54) is 26.9 Å². The summed E-state index contributed by atoms with van der Waals surface area (Å²) in [4.78, 5) is 17.8. The Morgan fingerprint density at radius 3 is 2.73 bits per heavy atom. The van der Waals surface area contributed by atoms with Gasteiger partial charge in [-0.25, -0.2) is 4.79 Å². The number of H-pyrrole nitrogens is 1. The SMILES string of the molecule is Cc1cccc2c(C(C)CC(=O)[NH+]3C4CC5CC3CC(O)(C5)C4)c[nH]c12. The molecule has 1 aromatic heterocycles. The number of rotatable bonds is 3. The van der Waals surface area contributed by atoms with Crippen LogP contribution in [0.1, 0.15) is 62.5 Å². The molecule has 4 bridgehead atoms. The molecule has 1 aromatic carbocycles. The molecule has 4 fully saturated rings. The molecule has 1 amide bonds. The molecular weight excluding hydrogens is 324 g/mol. The number of nitrogens with one attached hydrogen (secondary N) is 2. The lowest BCUT2D eigenvalue weighted by Gasteiger charge is -2.56. The van der Waals surface area contributed by atoms with Crippen LogP contribution in [0.25, 0.3) is 10.9 Å². The van der Waals surface area contributed by atoms with Gasteiger partial charge in [0.2, 0.25) is 0 Å². The van der Waals surface area contributed by atoms with Gasteiger partial charge in [0.1, 0.15) is 0 Å². The predicted octanol–water partition coefficient (Wildman–Crippen LogP) is 2.46. The number of amides is 1. The second-order valence-electron chi connectivity index (χ2n) is 9.29. The largest absolute Gasteiger partial charge is 0.389 e. The lowest BCUT2D eigenvalue weighted by Crippen LogP contribution is -3.24. The van der Waals surface area contributed by atoms with Crippen LogP contribution in [0.3, 0.4) is 0 Å². The van der Waals surface area contributed by atoms with Gasteiger partial charge in [0.25, 0.3) is 0 Å². The van der Waals surface area contributed by atoms with Crippen LogP contribution in [-0.4, -0.2) is 33.7 Å². The minimum Gasteiger partial charge on any atom is -0.389 e. The van der Waals surface area contributed by atoms with Crippen molar-refractivity contribution in [1.29, 1.82) is 0 Å². The van der Waals surface area contributed by atoms with E-state index < -0.39 is 5.60 Å². The van der Waals surface area contributed by atoms with Crippen LogP contribution in [0.4, 0.5) is 0 Å². The molecule has 0 spiro atoms. The molecule has 3 atom stereocenters. The normalized spacial score (nSPS) is 36.6. The van der Waals surface area contributed by atoms with E-state index in [4.69, 9.17) is 0 Å². The molecule has 0 radical (unpaired) electrons. The molecule has 4 nitrogen and oxygen atoms in total. The lowest BCUT2D eigenvalue weighted by atomic mass is 9.61. The molecule has 4 aliphatic rings. The Balaban J connectivity index is 1.36. The van der Waals surface area contributed by atoms with Crippen molar-refractivity contribution in [1.82, 2.24) is 4.98 Å². The van der Waals surface area contributed by atoms with E-state index in [0.29, 0.717) is 30.3 Å². The maximum atomic E-state index is 13.2. The number of carbonyl (C=O) groups is 1. The Morgan fingerprint density at radius 1 is 1.31 bits per heavy atom. The van der Waals surface area contributed by atoms with Crippen molar-refractivity contribution < 1.29 is 14.8 Å². The molecule has 138 valence electrons. The smallest absolute Gasteiger partial charge is 0.313 e. The van der Waals surface area contributed by atoms with E-state index in [0.717, 1.165) is 32.1 Å². The van der Waals surface area contributed by atoms with Gasteiger partial charge in [-0.15, -0.1) is 0 Å². The third-order valence-electron chi connectivity index (χ3n) is 7.34. The van der Waals surface area contributed by atoms with E-state index >= 15 is 0 Å². The van der Waals surface area contributed by atoms with Gasteiger partial charge in [-0.2, -0.15) is 0 Å². The third kappa shape index (κ3) is 2.46. The van der Waals surface area contributed by atoms with Crippen molar-refractivity contribution in [3.8, 4) is 0 Å². The van der Waals surface area contributed by atoms with Crippen LogP contribution in [0, 0.1) is 12.8 Å². The van der Waals surface area contributed by atoms with Crippen LogP contribution in [0.5, 0.6) is 0 Å². The number of para-hydroxylation sites is 1. The predicted molar refractivity (Wildman–Crippen MR) is 101 cm³/mol. The van der Waals surface area contributed by atoms with Gasteiger partial charge in [0, 0.05) is 42.8 Å². The minimum atomic E-state index is -0.472. The summed E-state index contributed by atoms with van der Waals surface area (Å²) < 4.78 is 0. The number of carbonyl (C=O) groups excluding carboxylic acids is 1. The molecule has 26 heavy (non-hydrogen) atoms. The summed E-state index contributed by atoms with van der Waals surface area (Å²) in [5, 5.41) is 12.0. The highest BCUT2D eigenvalue weighted by Gasteiger charge is 2.58. The second-order valence-corrected chi connectivity index (χ2v) is 9.29. The van der Waals surface area contributed by atoms with E-state index in [2.05, 4.69) is 43.2 Å². The summed E-state index contributed by atoms with van der Waals surface area (Å²) in [6.07, 6.45) is 7.53. The van der Waals surface area contributed by atoms with Crippen LogP contribution >= 0.6 is 0 Å². The fourth-order valence-electron chi connectivity index (χ4n) is 6.44. The molecule has 2 aliphatic heterocycles. The summed E-state index contributed by atoms with van der Waals surface area (Å²) in [5.74, 6) is 1.21. The first-order valence-electron chi connectivity index (χ1n) is 10.1. The molecule has 3 N–H and O–H groups in total. The number of aryl methyl sites for hydroxylation is 1. The topological polar surface area (TPSA) is 57.5 Å². The van der Waals surface area contributed by atoms with Crippen molar-refractivity contribution in [3.63, 3.8) is 0 Å². The molecule has 2 saturated carbocycles. The Morgan fingerprint density at radius 2 is 2.04 bits per heavy atom. The van der Waals surface area contributed by atoms with Gasteiger partial charge in [-0.1, -0.05) is 25.1 Å². The molecule has 6 rings (SSSR count). The van der Waals surface area contributed by atoms with E-state index in [-0.39, 0.29) is 5.92 Å². The van der Waals surface area contributed by atoms with Gasteiger partial charge in [0.15, 0.2) is 0 Å². The summed E-state index contributed by atoms with van der Waals surface area (Å²) in [6.45, 7) is 4.29. The van der Waals surface area contributed by atoms with Crippen LogP contribution < -0.4 is 4.90 Å². The standard InChI is InChI=1S/C22H28N2O2/c1-13-4-3-5-18-19(12-23-21(13)18)14(2)6-20(25)24-16-7-15-8-17(24)11-22(26,9-15)10-16/h3-5,12,14-17,23,26H,6-11H2,1-2H3/p+1. The number of aliphatic hydroxyl groups is 1. The lowest BCUT2D eigenvalue weighted by molar-refractivity contribution is -0.896. The monoisotopic (exact) mass is 353 g/mol. The van der Waals surface area contributed by atoms with Crippen LogP contribution in [-0.2, 0) is 4.79 Å². The second kappa shape index (κ2) is 5.67. The van der Waals surface area contributed by atoms with Crippen molar-refractivity contribution in [2.45, 2.75) is 76.0 Å². The molecule has 2 aliphatic carbocycles. The highest BCUT2D eigenvalue weighted by Crippen LogP contribution is 2.45. The average Bonchev–Trinajstić information content (AvgIpc) is 2.98. The van der Waals surface area contributed by atoms with Crippen molar-refractivity contribution in [2.75, 3.05) is 0 Å². The number of fused-ring (bicyclic) bond motifs is 1. The van der Waals surface area contributed by atoms with Crippen LogP contribution in [0.15, 0.2) is 24.4 Å².